The molecule has 0 unspecified atom stereocenters. The number of rotatable bonds is 6. The van der Waals surface area contributed by atoms with Crippen LogP contribution in [-0.4, -0.2) is 42.6 Å². The summed E-state index contributed by atoms with van der Waals surface area (Å²) in [4.78, 5) is 12.5. The van der Waals surface area contributed by atoms with Crippen molar-refractivity contribution >= 4 is 49.8 Å². The third kappa shape index (κ3) is 3.92. The molecule has 1 atom stereocenters. The van der Waals surface area contributed by atoms with Crippen LogP contribution in [0.4, 0.5) is 10.8 Å². The number of aromatic nitrogens is 2. The molecule has 0 aliphatic carbocycles. The molecule has 1 aliphatic rings. The van der Waals surface area contributed by atoms with E-state index in [2.05, 4.69) is 22.1 Å². The SMILES string of the molecule is C=CCSc1nnc(NC(=O)c2ccc3c(c2)C[C@@H](C)N3S(C)(=O)=O)s1. The minimum atomic E-state index is -3.34. The van der Waals surface area contributed by atoms with E-state index in [0.29, 0.717) is 22.8 Å². The monoisotopic (exact) mass is 410 g/mol. The number of amides is 1. The van der Waals surface area contributed by atoms with Gasteiger partial charge in [-0.1, -0.05) is 29.2 Å². The maximum absolute atomic E-state index is 12.5. The average molecular weight is 411 g/mol. The molecule has 1 aromatic carbocycles. The number of sulfonamides is 1. The van der Waals surface area contributed by atoms with E-state index in [1.807, 2.05) is 6.92 Å². The van der Waals surface area contributed by atoms with Crippen LogP contribution in [0.5, 0.6) is 0 Å². The van der Waals surface area contributed by atoms with Crippen molar-refractivity contribution in [3.8, 4) is 0 Å². The Morgan fingerprint density at radius 3 is 2.96 bits per heavy atom. The molecule has 0 saturated carbocycles. The van der Waals surface area contributed by atoms with E-state index in [9.17, 15) is 13.2 Å². The van der Waals surface area contributed by atoms with Gasteiger partial charge in [-0.25, -0.2) is 8.42 Å². The molecule has 0 fully saturated rings. The van der Waals surface area contributed by atoms with Gasteiger partial charge in [-0.3, -0.25) is 14.4 Å². The van der Waals surface area contributed by atoms with Gasteiger partial charge in [0.2, 0.25) is 15.2 Å². The molecule has 1 N–H and O–H groups in total. The lowest BCUT2D eigenvalue weighted by atomic mass is 10.1. The fourth-order valence-electron chi connectivity index (χ4n) is 2.87. The number of anilines is 2. The highest BCUT2D eigenvalue weighted by molar-refractivity contribution is 8.01. The topological polar surface area (TPSA) is 92.3 Å². The Bertz CT molecular complexity index is 955. The fraction of sp³-hybridized carbons (Fsp3) is 0.312. The van der Waals surface area contributed by atoms with Crippen LogP contribution in [0.15, 0.2) is 35.2 Å². The summed E-state index contributed by atoms with van der Waals surface area (Å²) in [5.74, 6) is 0.428. The van der Waals surface area contributed by atoms with Crippen molar-refractivity contribution in [1.82, 2.24) is 10.2 Å². The Hall–Kier alpha value is -1.91. The van der Waals surface area contributed by atoms with Crippen LogP contribution in [0.1, 0.15) is 22.8 Å². The number of carbonyl (C=O) groups excluding carboxylic acids is 1. The molecular formula is C16H18N4O3S3. The zero-order valence-corrected chi connectivity index (χ0v) is 16.7. The predicted octanol–water partition coefficient (Wildman–Crippen LogP) is 2.78. The Kier molecular flexibility index (Phi) is 5.35. The first-order valence-corrected chi connectivity index (χ1v) is 11.5. The summed E-state index contributed by atoms with van der Waals surface area (Å²) in [5, 5.41) is 11.1. The molecule has 10 heteroatoms. The summed E-state index contributed by atoms with van der Waals surface area (Å²) in [7, 11) is -3.34. The lowest BCUT2D eigenvalue weighted by Crippen LogP contribution is -2.34. The lowest BCUT2D eigenvalue weighted by molar-refractivity contribution is 0.102. The number of fused-ring (bicyclic) bond motifs is 1. The standard InChI is InChI=1S/C16H18N4O3S3/c1-4-7-24-16-19-18-15(25-16)17-14(21)11-5-6-13-12(9-11)8-10(2)20(13)26(3,22)23/h4-6,9-10H,1,7-8H2,2-3H3,(H,17,18,21)/t10-/m1/s1. The van der Waals surface area contributed by atoms with Gasteiger partial charge < -0.3 is 0 Å². The number of thioether (sulfide) groups is 1. The van der Waals surface area contributed by atoms with Gasteiger partial charge in [0.1, 0.15) is 0 Å². The van der Waals surface area contributed by atoms with E-state index in [0.717, 1.165) is 15.7 Å². The van der Waals surface area contributed by atoms with Gasteiger partial charge in [0.25, 0.3) is 5.91 Å². The molecule has 3 rings (SSSR count). The van der Waals surface area contributed by atoms with E-state index in [-0.39, 0.29) is 11.9 Å². The number of nitrogens with one attached hydrogen (secondary N) is 1. The molecular weight excluding hydrogens is 392 g/mol. The number of benzene rings is 1. The Morgan fingerprint density at radius 1 is 1.50 bits per heavy atom. The zero-order chi connectivity index (χ0) is 18.9. The highest BCUT2D eigenvalue weighted by atomic mass is 32.2. The van der Waals surface area contributed by atoms with Crippen LogP contribution in [-0.2, 0) is 16.4 Å². The average Bonchev–Trinajstić information content (AvgIpc) is 3.14. The molecule has 1 aliphatic heterocycles. The number of carbonyl (C=O) groups is 1. The van der Waals surface area contributed by atoms with E-state index in [4.69, 9.17) is 0 Å². The summed E-state index contributed by atoms with van der Waals surface area (Å²) in [5.41, 5.74) is 1.94. The summed E-state index contributed by atoms with van der Waals surface area (Å²) in [6.45, 7) is 5.50. The van der Waals surface area contributed by atoms with Crippen LogP contribution in [0.3, 0.4) is 0 Å². The Balaban J connectivity index is 1.77. The molecule has 1 aromatic heterocycles. The molecule has 0 spiro atoms. The van der Waals surface area contributed by atoms with Gasteiger partial charge in [0.15, 0.2) is 4.34 Å². The molecule has 0 radical (unpaired) electrons. The molecule has 2 aromatic rings. The number of hydrogen-bond acceptors (Lipinski definition) is 7. The second-order valence-corrected chi connectivity index (χ2v) is 9.99. The van der Waals surface area contributed by atoms with Crippen LogP contribution >= 0.6 is 23.1 Å². The van der Waals surface area contributed by atoms with Gasteiger partial charge in [-0.05, 0) is 37.1 Å². The van der Waals surface area contributed by atoms with E-state index < -0.39 is 10.0 Å². The van der Waals surface area contributed by atoms with Crippen molar-refractivity contribution in [1.29, 1.82) is 0 Å². The van der Waals surface area contributed by atoms with E-state index in [1.54, 1.807) is 24.3 Å². The summed E-state index contributed by atoms with van der Waals surface area (Å²) < 4.78 is 26.1. The van der Waals surface area contributed by atoms with E-state index in [1.165, 1.54) is 33.7 Å². The Labute approximate surface area is 160 Å². The first kappa shape index (κ1) is 18.9. The number of hydrogen-bond donors (Lipinski definition) is 1. The molecule has 1 amide bonds. The summed E-state index contributed by atoms with van der Waals surface area (Å²) in [6.07, 6.45) is 3.54. The third-order valence-electron chi connectivity index (χ3n) is 3.80. The van der Waals surface area contributed by atoms with Gasteiger partial charge in [-0.2, -0.15) is 0 Å². The highest BCUT2D eigenvalue weighted by Crippen LogP contribution is 2.35. The summed E-state index contributed by atoms with van der Waals surface area (Å²) >= 11 is 2.80. The van der Waals surface area contributed by atoms with Crippen molar-refractivity contribution in [2.45, 2.75) is 23.7 Å². The van der Waals surface area contributed by atoms with Crippen LogP contribution < -0.4 is 9.62 Å². The molecule has 7 nitrogen and oxygen atoms in total. The second kappa shape index (κ2) is 7.37. The van der Waals surface area contributed by atoms with Crippen LogP contribution in [0.25, 0.3) is 0 Å². The quantitative estimate of drug-likeness (QED) is 0.447. The smallest absolute Gasteiger partial charge is 0.257 e. The predicted molar refractivity (Wildman–Crippen MR) is 106 cm³/mol. The minimum Gasteiger partial charge on any atom is -0.296 e. The van der Waals surface area contributed by atoms with Gasteiger partial charge in [0.05, 0.1) is 11.9 Å². The van der Waals surface area contributed by atoms with Gasteiger partial charge in [-0.15, -0.1) is 16.8 Å². The fourth-order valence-corrected chi connectivity index (χ4v) is 5.64. The number of nitrogens with zero attached hydrogens (tertiary/aromatic N) is 3. The van der Waals surface area contributed by atoms with Gasteiger partial charge in [0, 0.05) is 17.4 Å². The second-order valence-electron chi connectivity index (χ2n) is 5.88. The van der Waals surface area contributed by atoms with Crippen molar-refractivity contribution < 1.29 is 13.2 Å². The summed E-state index contributed by atoms with van der Waals surface area (Å²) in [6, 6.07) is 4.88. The zero-order valence-electron chi connectivity index (χ0n) is 14.3. The normalized spacial score (nSPS) is 16.4. The van der Waals surface area contributed by atoms with Crippen molar-refractivity contribution in [3.05, 3.63) is 42.0 Å². The van der Waals surface area contributed by atoms with Crippen molar-refractivity contribution in [2.75, 3.05) is 21.6 Å². The van der Waals surface area contributed by atoms with Crippen molar-refractivity contribution in [2.24, 2.45) is 0 Å². The Morgan fingerprint density at radius 2 is 2.27 bits per heavy atom. The molecule has 0 saturated heterocycles. The van der Waals surface area contributed by atoms with Gasteiger partial charge >= 0.3 is 0 Å². The first-order valence-electron chi connectivity index (χ1n) is 7.80. The maximum atomic E-state index is 12.5. The molecule has 26 heavy (non-hydrogen) atoms. The largest absolute Gasteiger partial charge is 0.296 e. The van der Waals surface area contributed by atoms with E-state index >= 15 is 0 Å². The van der Waals surface area contributed by atoms with Crippen molar-refractivity contribution in [3.63, 3.8) is 0 Å². The minimum absolute atomic E-state index is 0.161. The highest BCUT2D eigenvalue weighted by Gasteiger charge is 2.32. The first-order chi connectivity index (χ1) is 12.3. The molecule has 0 bridgehead atoms. The van der Waals surface area contributed by atoms with Crippen LogP contribution in [0.2, 0.25) is 0 Å². The third-order valence-corrected chi connectivity index (χ3v) is 7.04. The molecule has 138 valence electrons. The lowest BCUT2D eigenvalue weighted by Gasteiger charge is -2.21. The molecule has 2 heterocycles. The van der Waals surface area contributed by atoms with Crippen LogP contribution in [0, 0.1) is 0 Å². The maximum Gasteiger partial charge on any atom is 0.257 e.